The molecule has 0 atom stereocenters. The van der Waals surface area contributed by atoms with Gasteiger partial charge in [0.15, 0.2) is 0 Å². The van der Waals surface area contributed by atoms with Crippen LogP contribution in [0.15, 0.2) is 53.4 Å². The summed E-state index contributed by atoms with van der Waals surface area (Å²) in [7, 11) is -3.82. The van der Waals surface area contributed by atoms with E-state index in [0.29, 0.717) is 11.3 Å². The molecular weight excluding hydrogens is 345 g/mol. The van der Waals surface area contributed by atoms with Crippen molar-refractivity contribution in [2.45, 2.75) is 11.8 Å². The van der Waals surface area contributed by atoms with E-state index in [1.807, 2.05) is 6.07 Å². The van der Waals surface area contributed by atoms with Crippen molar-refractivity contribution in [3.8, 4) is 6.07 Å². The van der Waals surface area contributed by atoms with E-state index in [-0.39, 0.29) is 23.9 Å². The van der Waals surface area contributed by atoms with Gasteiger partial charge in [0, 0.05) is 20.0 Å². The van der Waals surface area contributed by atoms with E-state index < -0.39 is 15.8 Å². The third-order valence-corrected chi connectivity index (χ3v) is 4.92. The van der Waals surface area contributed by atoms with Crippen molar-refractivity contribution >= 4 is 21.6 Å². The van der Waals surface area contributed by atoms with Crippen molar-refractivity contribution in [3.05, 3.63) is 59.9 Å². The minimum Gasteiger partial charge on any atom is -0.310 e. The van der Waals surface area contributed by atoms with Crippen LogP contribution in [0.4, 0.5) is 10.1 Å². The number of carbonyl (C=O) groups is 1. The fraction of sp³-hybridized carbons (Fsp3) is 0.176. The molecule has 0 aliphatic heterocycles. The van der Waals surface area contributed by atoms with E-state index in [0.717, 1.165) is 24.3 Å². The topological polar surface area (TPSA) is 90.3 Å². The first-order valence-electron chi connectivity index (χ1n) is 7.37. The molecule has 130 valence electrons. The molecule has 2 rings (SSSR count). The highest BCUT2D eigenvalue weighted by atomic mass is 32.2. The second kappa shape index (κ2) is 7.88. The Morgan fingerprint density at radius 1 is 1.20 bits per heavy atom. The van der Waals surface area contributed by atoms with Crippen LogP contribution in [0.3, 0.4) is 0 Å². The molecule has 2 aromatic rings. The molecule has 1 amide bonds. The Morgan fingerprint density at radius 2 is 1.84 bits per heavy atom. The Balaban J connectivity index is 2.11. The monoisotopic (exact) mass is 361 g/mol. The molecule has 25 heavy (non-hydrogen) atoms. The third-order valence-electron chi connectivity index (χ3n) is 3.45. The van der Waals surface area contributed by atoms with E-state index in [4.69, 9.17) is 5.26 Å². The molecule has 0 unspecified atom stereocenters. The summed E-state index contributed by atoms with van der Waals surface area (Å²) in [5, 5.41) is 9.14. The Hall–Kier alpha value is -2.76. The van der Waals surface area contributed by atoms with Gasteiger partial charge in [-0.1, -0.05) is 12.1 Å². The maximum absolute atomic E-state index is 12.9. The van der Waals surface area contributed by atoms with Crippen LogP contribution < -0.4 is 9.62 Å². The SMILES string of the molecule is CC(=O)N(CCNS(=O)(=O)c1ccc(F)cc1)c1ccccc1C#N. The van der Waals surface area contributed by atoms with Gasteiger partial charge in [-0.3, -0.25) is 4.79 Å². The second-order valence-corrected chi connectivity index (χ2v) is 6.92. The summed E-state index contributed by atoms with van der Waals surface area (Å²) >= 11 is 0. The zero-order valence-corrected chi connectivity index (χ0v) is 14.3. The molecule has 0 aliphatic carbocycles. The molecule has 0 bridgehead atoms. The summed E-state index contributed by atoms with van der Waals surface area (Å²) in [6, 6.07) is 13.0. The average molecular weight is 361 g/mol. The predicted octanol–water partition coefficient (Wildman–Crippen LogP) is 2.03. The van der Waals surface area contributed by atoms with Gasteiger partial charge < -0.3 is 4.90 Å². The minimum atomic E-state index is -3.82. The lowest BCUT2D eigenvalue weighted by molar-refractivity contribution is -0.116. The lowest BCUT2D eigenvalue weighted by atomic mass is 10.1. The van der Waals surface area contributed by atoms with Gasteiger partial charge in [0.2, 0.25) is 15.9 Å². The number of nitrogens with one attached hydrogen (secondary N) is 1. The van der Waals surface area contributed by atoms with Crippen LogP contribution in [0.5, 0.6) is 0 Å². The quantitative estimate of drug-likeness (QED) is 0.852. The van der Waals surface area contributed by atoms with Gasteiger partial charge in [-0.15, -0.1) is 0 Å². The van der Waals surface area contributed by atoms with Crippen LogP contribution in [0.2, 0.25) is 0 Å². The number of anilines is 1. The molecule has 0 saturated heterocycles. The third kappa shape index (κ3) is 4.62. The average Bonchev–Trinajstić information content (AvgIpc) is 2.59. The van der Waals surface area contributed by atoms with E-state index in [2.05, 4.69) is 4.72 Å². The van der Waals surface area contributed by atoms with Crippen molar-refractivity contribution in [1.29, 1.82) is 5.26 Å². The van der Waals surface area contributed by atoms with Crippen LogP contribution in [-0.4, -0.2) is 27.4 Å². The Labute approximate surface area is 145 Å². The zero-order chi connectivity index (χ0) is 18.4. The largest absolute Gasteiger partial charge is 0.310 e. The summed E-state index contributed by atoms with van der Waals surface area (Å²) in [6.07, 6.45) is 0. The van der Waals surface area contributed by atoms with Crippen LogP contribution in [0.25, 0.3) is 0 Å². The van der Waals surface area contributed by atoms with Gasteiger partial charge in [-0.05, 0) is 36.4 Å². The highest BCUT2D eigenvalue weighted by Gasteiger charge is 2.18. The Kier molecular flexibility index (Phi) is 5.85. The molecule has 0 aliphatic rings. The standard InChI is InChI=1S/C17H16FN3O3S/c1-13(22)21(17-5-3-2-4-14(17)12-19)11-10-20-25(23,24)16-8-6-15(18)7-9-16/h2-9,20H,10-11H2,1H3. The maximum Gasteiger partial charge on any atom is 0.240 e. The molecule has 2 aromatic carbocycles. The number of hydrogen-bond acceptors (Lipinski definition) is 4. The lowest BCUT2D eigenvalue weighted by Crippen LogP contribution is -2.37. The number of para-hydroxylation sites is 1. The molecule has 8 heteroatoms. The first-order chi connectivity index (χ1) is 11.8. The van der Waals surface area contributed by atoms with E-state index >= 15 is 0 Å². The molecule has 0 aromatic heterocycles. The van der Waals surface area contributed by atoms with Crippen LogP contribution >= 0.6 is 0 Å². The van der Waals surface area contributed by atoms with Gasteiger partial charge in [0.05, 0.1) is 16.1 Å². The number of sulfonamides is 1. The van der Waals surface area contributed by atoms with Crippen LogP contribution in [0.1, 0.15) is 12.5 Å². The van der Waals surface area contributed by atoms with Crippen molar-refractivity contribution < 1.29 is 17.6 Å². The molecule has 0 saturated carbocycles. The molecule has 0 heterocycles. The fourth-order valence-corrected chi connectivity index (χ4v) is 3.26. The maximum atomic E-state index is 12.9. The molecular formula is C17H16FN3O3S. The van der Waals surface area contributed by atoms with Gasteiger partial charge in [0.1, 0.15) is 11.9 Å². The van der Waals surface area contributed by atoms with Crippen LogP contribution in [0, 0.1) is 17.1 Å². The summed E-state index contributed by atoms with van der Waals surface area (Å²) < 4.78 is 39.6. The Bertz CT molecular complexity index is 905. The molecule has 0 radical (unpaired) electrons. The van der Waals surface area contributed by atoms with E-state index in [1.54, 1.807) is 24.3 Å². The summed E-state index contributed by atoms with van der Waals surface area (Å²) in [6.45, 7) is 1.33. The minimum absolute atomic E-state index is 0.0501. The highest BCUT2D eigenvalue weighted by molar-refractivity contribution is 7.89. The first-order valence-corrected chi connectivity index (χ1v) is 8.86. The lowest BCUT2D eigenvalue weighted by Gasteiger charge is -2.22. The van der Waals surface area contributed by atoms with Gasteiger partial charge in [-0.25, -0.2) is 17.5 Å². The van der Waals surface area contributed by atoms with Crippen molar-refractivity contribution in [2.75, 3.05) is 18.0 Å². The second-order valence-electron chi connectivity index (χ2n) is 5.15. The number of halogens is 1. The fourth-order valence-electron chi connectivity index (χ4n) is 2.24. The van der Waals surface area contributed by atoms with Crippen molar-refractivity contribution in [3.63, 3.8) is 0 Å². The normalized spacial score (nSPS) is 10.9. The first kappa shape index (κ1) is 18.6. The highest BCUT2D eigenvalue weighted by Crippen LogP contribution is 2.19. The number of amides is 1. The summed E-state index contributed by atoms with van der Waals surface area (Å²) in [5.74, 6) is -0.849. The predicted molar refractivity (Wildman–Crippen MR) is 90.8 cm³/mol. The van der Waals surface area contributed by atoms with Crippen LogP contribution in [-0.2, 0) is 14.8 Å². The van der Waals surface area contributed by atoms with Gasteiger partial charge >= 0.3 is 0 Å². The summed E-state index contributed by atoms with van der Waals surface area (Å²) in [5.41, 5.74) is 0.734. The van der Waals surface area contributed by atoms with Crippen molar-refractivity contribution in [2.24, 2.45) is 0 Å². The van der Waals surface area contributed by atoms with Gasteiger partial charge in [0.25, 0.3) is 0 Å². The smallest absolute Gasteiger partial charge is 0.240 e. The zero-order valence-electron chi connectivity index (χ0n) is 13.4. The number of nitrogens with zero attached hydrogens (tertiary/aromatic N) is 2. The molecule has 0 fully saturated rings. The Morgan fingerprint density at radius 3 is 2.44 bits per heavy atom. The van der Waals surface area contributed by atoms with Gasteiger partial charge in [-0.2, -0.15) is 5.26 Å². The summed E-state index contributed by atoms with van der Waals surface area (Å²) in [4.78, 5) is 13.1. The number of hydrogen-bond donors (Lipinski definition) is 1. The number of carbonyl (C=O) groups excluding carboxylic acids is 1. The van der Waals surface area contributed by atoms with E-state index in [1.165, 1.54) is 11.8 Å². The molecule has 6 nitrogen and oxygen atoms in total. The van der Waals surface area contributed by atoms with Crippen molar-refractivity contribution in [1.82, 2.24) is 4.72 Å². The number of rotatable bonds is 6. The number of benzene rings is 2. The number of nitriles is 1. The molecule has 0 spiro atoms. The van der Waals surface area contributed by atoms with E-state index in [9.17, 15) is 17.6 Å². The molecule has 1 N–H and O–H groups in total.